The van der Waals surface area contributed by atoms with Gasteiger partial charge in [-0.2, -0.15) is 0 Å². The predicted octanol–water partition coefficient (Wildman–Crippen LogP) is 6.82. The number of benzene rings is 3. The third-order valence-electron chi connectivity index (χ3n) is 7.86. The second-order valence-corrected chi connectivity index (χ2v) is 12.0. The highest BCUT2D eigenvalue weighted by molar-refractivity contribution is 6.18. The summed E-state index contributed by atoms with van der Waals surface area (Å²) in [7, 11) is 8.36. The second-order valence-electron chi connectivity index (χ2n) is 11.2. The Labute approximate surface area is 251 Å². The maximum Gasteiger partial charge on any atom is 0.0894 e. The summed E-state index contributed by atoms with van der Waals surface area (Å²) in [5, 5.41) is 0. The van der Waals surface area contributed by atoms with Gasteiger partial charge in [0.15, 0.2) is 0 Å². The maximum absolute atomic E-state index is 6.12. The van der Waals surface area contributed by atoms with E-state index in [0.717, 1.165) is 45.7 Å². The minimum Gasteiger partial charge on any atom is -0.378 e. The number of rotatable bonds is 12. The van der Waals surface area contributed by atoms with Crippen molar-refractivity contribution in [1.29, 1.82) is 0 Å². The average Bonchev–Trinajstić information content (AvgIpc) is 2.94. The lowest BCUT2D eigenvalue weighted by molar-refractivity contribution is -0.00944. The molecule has 0 aromatic heterocycles. The second kappa shape index (κ2) is 14.5. The average molecular weight is 583 g/mol. The molecule has 7 heteroatoms. The highest BCUT2D eigenvalue weighted by Crippen LogP contribution is 2.35. The van der Waals surface area contributed by atoms with Crippen molar-refractivity contribution >= 4 is 40.3 Å². The number of hydrogen-bond acceptors (Lipinski definition) is 5. The molecule has 3 aromatic rings. The van der Waals surface area contributed by atoms with Crippen LogP contribution >= 0.6 is 23.2 Å². The molecule has 0 spiro atoms. The zero-order valence-electron chi connectivity index (χ0n) is 24.8. The van der Waals surface area contributed by atoms with Gasteiger partial charge in [0, 0.05) is 96.3 Å². The number of anilines is 3. The lowest BCUT2D eigenvalue weighted by Gasteiger charge is -2.45. The van der Waals surface area contributed by atoms with Crippen molar-refractivity contribution in [3.05, 3.63) is 89.0 Å². The Kier molecular flexibility index (Phi) is 11.0. The van der Waals surface area contributed by atoms with Crippen LogP contribution in [0.25, 0.3) is 0 Å². The van der Waals surface area contributed by atoms with E-state index in [2.05, 4.69) is 126 Å². The molecule has 0 unspecified atom stereocenters. The molecule has 0 radical (unpaired) electrons. The third kappa shape index (κ3) is 7.64. The fourth-order valence-electron chi connectivity index (χ4n) is 5.67. The number of alkyl halides is 2. The molecule has 0 saturated carbocycles. The Balaban J connectivity index is 1.66. The zero-order valence-corrected chi connectivity index (χ0v) is 26.3. The topological polar surface area (TPSA) is 16.2 Å². The summed E-state index contributed by atoms with van der Waals surface area (Å²) in [4.78, 5) is 11.9. The summed E-state index contributed by atoms with van der Waals surface area (Å²) in [6.45, 7) is 7.81. The minimum atomic E-state index is 0.194. The Hall–Kier alpha value is -2.44. The van der Waals surface area contributed by atoms with Crippen LogP contribution < -0.4 is 14.7 Å². The first-order valence-corrected chi connectivity index (χ1v) is 15.4. The molecule has 0 amide bonds. The summed E-state index contributed by atoms with van der Waals surface area (Å²) in [6, 6.07) is 24.9. The van der Waals surface area contributed by atoms with Crippen LogP contribution in [0.1, 0.15) is 34.8 Å². The monoisotopic (exact) mass is 581 g/mol. The first kappa shape index (κ1) is 30.5. The van der Waals surface area contributed by atoms with Crippen LogP contribution in [0.15, 0.2) is 66.7 Å². The van der Waals surface area contributed by atoms with E-state index < -0.39 is 0 Å². The highest BCUT2D eigenvalue weighted by atomic mass is 35.5. The van der Waals surface area contributed by atoms with E-state index in [1.54, 1.807) is 0 Å². The van der Waals surface area contributed by atoms with Crippen LogP contribution in [0, 0.1) is 6.92 Å². The van der Waals surface area contributed by atoms with Gasteiger partial charge in [-0.3, -0.25) is 9.80 Å². The van der Waals surface area contributed by atoms with Gasteiger partial charge in [0.25, 0.3) is 0 Å². The lowest BCUT2D eigenvalue weighted by atomic mass is 9.99. The van der Waals surface area contributed by atoms with Gasteiger partial charge in [0.05, 0.1) is 6.17 Å². The molecular formula is C33H45Cl2N5. The molecule has 3 aromatic carbocycles. The van der Waals surface area contributed by atoms with Crippen LogP contribution in [0.3, 0.4) is 0 Å². The molecule has 0 bridgehead atoms. The largest absolute Gasteiger partial charge is 0.378 e. The molecule has 0 aliphatic carbocycles. The van der Waals surface area contributed by atoms with Crippen molar-refractivity contribution in [2.75, 3.05) is 80.8 Å². The van der Waals surface area contributed by atoms with Gasteiger partial charge in [-0.15, -0.1) is 23.2 Å². The van der Waals surface area contributed by atoms with E-state index in [0.29, 0.717) is 11.8 Å². The van der Waals surface area contributed by atoms with E-state index in [9.17, 15) is 0 Å². The van der Waals surface area contributed by atoms with Crippen LogP contribution in [-0.2, 0) is 13.1 Å². The van der Waals surface area contributed by atoms with E-state index in [4.69, 9.17) is 23.2 Å². The number of nitrogens with zero attached hydrogens (tertiary/aromatic N) is 5. The fourth-order valence-corrected chi connectivity index (χ4v) is 6.07. The van der Waals surface area contributed by atoms with Crippen molar-refractivity contribution < 1.29 is 0 Å². The van der Waals surface area contributed by atoms with Gasteiger partial charge < -0.3 is 14.7 Å². The zero-order chi connectivity index (χ0) is 28.6. The van der Waals surface area contributed by atoms with Gasteiger partial charge in [-0.1, -0.05) is 30.3 Å². The Morgan fingerprint density at radius 3 is 1.52 bits per heavy atom. The first-order chi connectivity index (χ1) is 19.3. The number of hydrogen-bond donors (Lipinski definition) is 0. The molecule has 40 heavy (non-hydrogen) atoms. The normalized spacial score (nSPS) is 14.9. The summed E-state index contributed by atoms with van der Waals surface area (Å²) >= 11 is 12.2. The summed E-state index contributed by atoms with van der Waals surface area (Å²) < 4.78 is 0. The molecular weight excluding hydrogens is 537 g/mol. The quantitative estimate of drug-likeness (QED) is 0.217. The predicted molar refractivity (Wildman–Crippen MR) is 175 cm³/mol. The molecule has 216 valence electrons. The smallest absolute Gasteiger partial charge is 0.0894 e. The van der Waals surface area contributed by atoms with Crippen LogP contribution in [0.5, 0.6) is 0 Å². The molecule has 1 aliphatic heterocycles. The SMILES string of the molecule is Cc1cc(N(CCCl)CCCl)ccc1C1N(Cc2ccc(N(C)C)cc2)CCCN1Cc1ccc(N(C)C)cc1. The fraction of sp³-hybridized carbons (Fsp3) is 0.455. The highest BCUT2D eigenvalue weighted by Gasteiger charge is 2.32. The number of halogens is 2. The molecule has 1 fully saturated rings. The Morgan fingerprint density at radius 1 is 0.675 bits per heavy atom. The molecule has 1 aliphatic rings. The van der Waals surface area contributed by atoms with Crippen molar-refractivity contribution in [3.63, 3.8) is 0 Å². The molecule has 4 rings (SSSR count). The molecule has 5 nitrogen and oxygen atoms in total. The number of aryl methyl sites for hydroxylation is 1. The van der Waals surface area contributed by atoms with Crippen LogP contribution in [0.2, 0.25) is 0 Å². The van der Waals surface area contributed by atoms with Gasteiger partial charge in [0.1, 0.15) is 0 Å². The van der Waals surface area contributed by atoms with Gasteiger partial charge in [0.2, 0.25) is 0 Å². The van der Waals surface area contributed by atoms with E-state index in [-0.39, 0.29) is 6.17 Å². The van der Waals surface area contributed by atoms with E-state index >= 15 is 0 Å². The Bertz CT molecular complexity index is 1130. The Morgan fingerprint density at radius 2 is 1.12 bits per heavy atom. The maximum atomic E-state index is 6.12. The van der Waals surface area contributed by atoms with Crippen molar-refractivity contribution in [2.24, 2.45) is 0 Å². The van der Waals surface area contributed by atoms with Crippen molar-refractivity contribution in [2.45, 2.75) is 32.6 Å². The summed E-state index contributed by atoms with van der Waals surface area (Å²) in [6.07, 6.45) is 1.35. The minimum absolute atomic E-state index is 0.194. The standard InChI is InChI=1S/C33H45Cl2N5/c1-26-23-31(38(21-17-34)22-18-35)15-16-32(26)33-39(24-27-7-11-29(12-8-27)36(2)3)19-6-20-40(33)25-28-9-13-30(14-10-28)37(4)5/h7-16,23,33H,6,17-22,24-25H2,1-5H3. The van der Waals surface area contributed by atoms with Crippen molar-refractivity contribution in [1.82, 2.24) is 9.80 Å². The van der Waals surface area contributed by atoms with Gasteiger partial charge in [-0.25, -0.2) is 0 Å². The van der Waals surface area contributed by atoms with Crippen molar-refractivity contribution in [3.8, 4) is 0 Å². The molecule has 1 heterocycles. The molecule has 1 saturated heterocycles. The summed E-state index contributed by atoms with van der Waals surface area (Å²) in [5.74, 6) is 1.17. The van der Waals surface area contributed by atoms with Gasteiger partial charge in [-0.05, 0) is 72.0 Å². The van der Waals surface area contributed by atoms with E-state index in [1.807, 2.05) is 0 Å². The summed E-state index contributed by atoms with van der Waals surface area (Å²) in [5.41, 5.74) is 9.01. The first-order valence-electron chi connectivity index (χ1n) is 14.3. The van der Waals surface area contributed by atoms with Crippen LogP contribution in [0.4, 0.5) is 17.1 Å². The third-order valence-corrected chi connectivity index (χ3v) is 8.20. The molecule has 0 N–H and O–H groups in total. The lowest BCUT2D eigenvalue weighted by Crippen LogP contribution is -2.47. The van der Waals surface area contributed by atoms with Crippen LogP contribution in [-0.4, -0.2) is 75.9 Å². The molecule has 0 atom stereocenters. The van der Waals surface area contributed by atoms with Gasteiger partial charge >= 0.3 is 0 Å². The van der Waals surface area contributed by atoms with E-state index in [1.165, 1.54) is 39.3 Å².